The fourth-order valence-corrected chi connectivity index (χ4v) is 2.36. The van der Waals surface area contributed by atoms with Crippen LogP contribution in [0.25, 0.3) is 0 Å². The van der Waals surface area contributed by atoms with Crippen LogP contribution in [0.3, 0.4) is 0 Å². The van der Waals surface area contributed by atoms with Gasteiger partial charge in [-0.2, -0.15) is 0 Å². The molecule has 2 aliphatic rings. The highest BCUT2D eigenvalue weighted by atomic mass is 16.6. The molecule has 0 aromatic heterocycles. The molecule has 0 unspecified atom stereocenters. The Morgan fingerprint density at radius 1 is 1.48 bits per heavy atom. The Morgan fingerprint density at radius 3 is 2.74 bits per heavy atom. The third-order valence-electron chi connectivity index (χ3n) is 3.73. The molecule has 0 aromatic carbocycles. The molecule has 2 heterocycles. The predicted molar refractivity (Wildman–Crippen MR) is 75.5 cm³/mol. The van der Waals surface area contributed by atoms with Crippen LogP contribution in [0.4, 0.5) is 4.79 Å². The topological polar surface area (TPSA) is 141 Å². The number of amidine groups is 1. The fourth-order valence-electron chi connectivity index (χ4n) is 2.36. The van der Waals surface area contributed by atoms with E-state index >= 15 is 0 Å². The normalized spacial score (nSPS) is 33.2. The van der Waals surface area contributed by atoms with Crippen LogP contribution in [0.15, 0.2) is 5.16 Å². The zero-order chi connectivity index (χ0) is 17.1. The molecule has 4 atom stereocenters. The van der Waals surface area contributed by atoms with Crippen LogP contribution in [0.2, 0.25) is 0 Å². The van der Waals surface area contributed by atoms with Crippen LogP contribution >= 0.6 is 0 Å². The molecule has 2 amide bonds. The van der Waals surface area contributed by atoms with Gasteiger partial charge in [-0.05, 0) is 0 Å². The maximum absolute atomic E-state index is 11.9. The maximum atomic E-state index is 11.9. The number of carbonyl (C=O) groups is 2. The lowest BCUT2D eigenvalue weighted by Gasteiger charge is -2.33. The molecule has 2 rings (SSSR count). The van der Waals surface area contributed by atoms with Crippen LogP contribution < -0.4 is 5.32 Å². The van der Waals surface area contributed by atoms with Crippen molar-refractivity contribution >= 4 is 17.8 Å². The van der Waals surface area contributed by atoms with Crippen LogP contribution in [0.1, 0.15) is 20.3 Å². The molecule has 2 saturated heterocycles. The first-order chi connectivity index (χ1) is 10.8. The summed E-state index contributed by atoms with van der Waals surface area (Å²) in [7, 11) is 0. The number of urea groups is 1. The summed E-state index contributed by atoms with van der Waals surface area (Å²) in [5.41, 5.74) is 0. The first kappa shape index (κ1) is 17.4. The van der Waals surface area contributed by atoms with Crippen LogP contribution in [-0.4, -0.2) is 75.8 Å². The van der Waals surface area contributed by atoms with Gasteiger partial charge >= 0.3 is 12.0 Å². The first-order valence-electron chi connectivity index (χ1n) is 7.32. The number of rotatable bonds is 4. The fraction of sp³-hybridized carbons (Fsp3) is 0.769. The van der Waals surface area contributed by atoms with Crippen LogP contribution in [0.5, 0.6) is 0 Å². The van der Waals surface area contributed by atoms with Gasteiger partial charge in [0.1, 0.15) is 24.9 Å². The van der Waals surface area contributed by atoms with E-state index in [-0.39, 0.29) is 31.3 Å². The summed E-state index contributed by atoms with van der Waals surface area (Å²) in [6, 6.07) is -0.611. The quantitative estimate of drug-likeness (QED) is 0.289. The van der Waals surface area contributed by atoms with E-state index in [2.05, 4.69) is 10.5 Å². The number of aliphatic hydroxyl groups excluding tert-OH is 2. The average Bonchev–Trinajstić information content (AvgIpc) is 2.80. The molecule has 2 fully saturated rings. The lowest BCUT2D eigenvalue weighted by Crippen LogP contribution is -2.56. The van der Waals surface area contributed by atoms with E-state index in [1.54, 1.807) is 13.8 Å². The minimum absolute atomic E-state index is 0.113. The first-order valence-corrected chi connectivity index (χ1v) is 7.32. The second-order valence-corrected chi connectivity index (χ2v) is 5.75. The van der Waals surface area contributed by atoms with Gasteiger partial charge in [0.05, 0.1) is 5.92 Å². The molecule has 0 spiro atoms. The number of hydrogen-bond acceptors (Lipinski definition) is 8. The Bertz CT molecular complexity index is 496. The van der Waals surface area contributed by atoms with Gasteiger partial charge in [-0.15, -0.1) is 0 Å². The summed E-state index contributed by atoms with van der Waals surface area (Å²) in [4.78, 5) is 24.6. The summed E-state index contributed by atoms with van der Waals surface area (Å²) in [6.45, 7) is 3.28. The number of ether oxygens (including phenoxy) is 2. The van der Waals surface area contributed by atoms with Crippen molar-refractivity contribution in [3.8, 4) is 0 Å². The van der Waals surface area contributed by atoms with Crippen LogP contribution in [0, 0.1) is 5.92 Å². The number of amides is 2. The van der Waals surface area contributed by atoms with Gasteiger partial charge in [0.2, 0.25) is 0 Å². The van der Waals surface area contributed by atoms with Gasteiger partial charge in [-0.1, -0.05) is 19.0 Å². The van der Waals surface area contributed by atoms with Crippen molar-refractivity contribution in [1.82, 2.24) is 10.2 Å². The molecule has 10 heteroatoms. The smallest absolute Gasteiger partial charge is 0.325 e. The van der Waals surface area contributed by atoms with Gasteiger partial charge in [-0.3, -0.25) is 15.0 Å². The van der Waals surface area contributed by atoms with Crippen molar-refractivity contribution < 1.29 is 34.5 Å². The predicted octanol–water partition coefficient (Wildman–Crippen LogP) is -1.16. The highest BCUT2D eigenvalue weighted by molar-refractivity contribution is 5.99. The molecule has 0 bridgehead atoms. The van der Waals surface area contributed by atoms with E-state index in [9.17, 15) is 19.8 Å². The number of carbonyl (C=O) groups excluding carboxylic acids is 2. The van der Waals surface area contributed by atoms with Gasteiger partial charge < -0.3 is 24.9 Å². The molecule has 130 valence electrons. The van der Waals surface area contributed by atoms with E-state index < -0.39 is 36.5 Å². The van der Waals surface area contributed by atoms with Crippen molar-refractivity contribution in [3.05, 3.63) is 0 Å². The Morgan fingerprint density at radius 2 is 2.17 bits per heavy atom. The SMILES string of the molecule is CC(C)C(=O)OC[C@H]1O[C@@H](N2CC/C(=N\O)NC2=O)[C@H](O)[C@@H]1O. The maximum Gasteiger partial charge on any atom is 0.325 e. The molecule has 10 nitrogen and oxygen atoms in total. The van der Waals surface area contributed by atoms with E-state index in [0.29, 0.717) is 0 Å². The number of aliphatic hydroxyl groups is 2. The van der Waals surface area contributed by atoms with Gasteiger partial charge in [0, 0.05) is 13.0 Å². The molecule has 2 aliphatic heterocycles. The summed E-state index contributed by atoms with van der Waals surface area (Å²) >= 11 is 0. The van der Waals surface area contributed by atoms with Gasteiger partial charge in [0.15, 0.2) is 12.1 Å². The second kappa shape index (κ2) is 7.11. The standard InChI is InChI=1S/C13H21N3O7/c1-6(2)12(19)22-5-7-9(17)10(18)11(23-7)16-4-3-8(15-21)14-13(16)20/h6-7,9-11,17-18,21H,3-5H2,1-2H3,(H,14,15,20)/t7-,9-,10-,11-/m1/s1. The van der Waals surface area contributed by atoms with E-state index in [4.69, 9.17) is 14.7 Å². The van der Waals surface area contributed by atoms with Gasteiger partial charge in [-0.25, -0.2) is 4.79 Å². The van der Waals surface area contributed by atoms with Crippen LogP contribution in [-0.2, 0) is 14.3 Å². The summed E-state index contributed by atoms with van der Waals surface area (Å²) < 4.78 is 10.5. The monoisotopic (exact) mass is 331 g/mol. The summed E-state index contributed by atoms with van der Waals surface area (Å²) in [6.07, 6.45) is -4.39. The Balaban J connectivity index is 1.97. The number of nitrogens with one attached hydrogen (secondary N) is 1. The molecule has 0 aromatic rings. The Hall–Kier alpha value is -1.91. The Kier molecular flexibility index (Phi) is 5.39. The van der Waals surface area contributed by atoms with Crippen molar-refractivity contribution in [2.75, 3.05) is 13.2 Å². The summed E-state index contributed by atoms with van der Waals surface area (Å²) in [5.74, 6) is -0.654. The van der Waals surface area contributed by atoms with E-state index in [0.717, 1.165) is 0 Å². The third-order valence-corrected chi connectivity index (χ3v) is 3.73. The molecule has 0 saturated carbocycles. The molecule has 0 radical (unpaired) electrons. The highest BCUT2D eigenvalue weighted by Gasteiger charge is 2.48. The van der Waals surface area contributed by atoms with Crippen molar-refractivity contribution in [2.45, 2.75) is 44.8 Å². The zero-order valence-electron chi connectivity index (χ0n) is 12.9. The van der Waals surface area contributed by atoms with E-state index in [1.165, 1.54) is 4.90 Å². The number of esters is 1. The molecule has 23 heavy (non-hydrogen) atoms. The number of oxime groups is 1. The number of nitrogens with zero attached hydrogens (tertiary/aromatic N) is 2. The van der Waals surface area contributed by atoms with E-state index in [1.807, 2.05) is 0 Å². The highest BCUT2D eigenvalue weighted by Crippen LogP contribution is 2.26. The minimum Gasteiger partial charge on any atom is -0.463 e. The third kappa shape index (κ3) is 3.71. The Labute approximate surface area is 132 Å². The molecule has 4 N–H and O–H groups in total. The van der Waals surface area contributed by atoms with Crippen molar-refractivity contribution in [2.24, 2.45) is 11.1 Å². The van der Waals surface area contributed by atoms with Crippen molar-refractivity contribution in [1.29, 1.82) is 0 Å². The lowest BCUT2D eigenvalue weighted by molar-refractivity contribution is -0.154. The molecule has 0 aliphatic carbocycles. The minimum atomic E-state index is -1.34. The van der Waals surface area contributed by atoms with Crippen molar-refractivity contribution in [3.63, 3.8) is 0 Å². The van der Waals surface area contributed by atoms with Gasteiger partial charge in [0.25, 0.3) is 0 Å². The molecular formula is C13H21N3O7. The average molecular weight is 331 g/mol. The largest absolute Gasteiger partial charge is 0.463 e. The second-order valence-electron chi connectivity index (χ2n) is 5.75. The lowest BCUT2D eigenvalue weighted by atomic mass is 10.1. The summed E-state index contributed by atoms with van der Waals surface area (Å²) in [5, 5.41) is 34.0. The number of hydrogen-bond donors (Lipinski definition) is 4. The zero-order valence-corrected chi connectivity index (χ0v) is 12.9. The molecular weight excluding hydrogens is 310 g/mol.